The number of nitrogens with zero attached hydrogens (tertiary/aromatic N) is 1. The molecule has 0 spiro atoms. The molecule has 136 valence electrons. The van der Waals surface area contributed by atoms with Gasteiger partial charge in [-0.2, -0.15) is 0 Å². The van der Waals surface area contributed by atoms with Crippen molar-refractivity contribution in [1.82, 2.24) is 10.3 Å². The van der Waals surface area contributed by atoms with Gasteiger partial charge in [-0.05, 0) is 55.0 Å². The summed E-state index contributed by atoms with van der Waals surface area (Å²) in [5.41, 5.74) is 1.60. The maximum absolute atomic E-state index is 12.9. The Morgan fingerprint density at radius 3 is 2.73 bits per heavy atom. The van der Waals surface area contributed by atoms with Crippen molar-refractivity contribution in [2.75, 3.05) is 13.2 Å². The standard InChI is InChI=1S/C20H22N2O4/c23-15-11-14(12-15)17(10-13-4-6-21-7-5-13)22-20(24)16-2-1-3-18-19(16)26-9-8-25-18/h1-7,14-15,17,23H,8-12H2,(H,22,24)/t14?,15?,17-/m1/s1. The van der Waals surface area contributed by atoms with E-state index in [0.717, 1.165) is 5.56 Å². The highest BCUT2D eigenvalue weighted by atomic mass is 16.6. The number of rotatable bonds is 5. The van der Waals surface area contributed by atoms with Crippen molar-refractivity contribution in [3.63, 3.8) is 0 Å². The predicted molar refractivity (Wildman–Crippen MR) is 95.4 cm³/mol. The van der Waals surface area contributed by atoms with Gasteiger partial charge in [-0.25, -0.2) is 0 Å². The van der Waals surface area contributed by atoms with Gasteiger partial charge in [0.15, 0.2) is 11.5 Å². The summed E-state index contributed by atoms with van der Waals surface area (Å²) in [6.45, 7) is 0.926. The summed E-state index contributed by atoms with van der Waals surface area (Å²) in [7, 11) is 0. The van der Waals surface area contributed by atoms with Crippen LogP contribution in [0.1, 0.15) is 28.8 Å². The molecule has 1 fully saturated rings. The number of para-hydroxylation sites is 1. The monoisotopic (exact) mass is 354 g/mol. The molecule has 1 aromatic heterocycles. The highest BCUT2D eigenvalue weighted by Crippen LogP contribution is 2.35. The Hall–Kier alpha value is -2.60. The molecule has 1 aromatic carbocycles. The highest BCUT2D eigenvalue weighted by molar-refractivity contribution is 5.98. The molecular formula is C20H22N2O4. The van der Waals surface area contributed by atoms with Crippen LogP contribution in [-0.2, 0) is 6.42 Å². The molecular weight excluding hydrogens is 332 g/mol. The van der Waals surface area contributed by atoms with Crippen LogP contribution in [0.15, 0.2) is 42.7 Å². The van der Waals surface area contributed by atoms with E-state index >= 15 is 0 Å². The number of fused-ring (bicyclic) bond motifs is 1. The number of aromatic nitrogens is 1. The lowest BCUT2D eigenvalue weighted by Crippen LogP contribution is -2.48. The lowest BCUT2D eigenvalue weighted by atomic mass is 9.75. The zero-order valence-corrected chi connectivity index (χ0v) is 14.4. The average Bonchev–Trinajstić information content (AvgIpc) is 2.65. The predicted octanol–water partition coefficient (Wildman–Crippen LogP) is 1.96. The third kappa shape index (κ3) is 3.51. The first-order valence-corrected chi connectivity index (χ1v) is 8.97. The number of nitrogens with one attached hydrogen (secondary N) is 1. The Balaban J connectivity index is 1.53. The second-order valence-corrected chi connectivity index (χ2v) is 6.85. The average molecular weight is 354 g/mol. The van der Waals surface area contributed by atoms with E-state index in [1.807, 2.05) is 18.2 Å². The maximum Gasteiger partial charge on any atom is 0.255 e. The third-order valence-corrected chi connectivity index (χ3v) is 5.05. The first-order valence-electron chi connectivity index (χ1n) is 8.97. The van der Waals surface area contributed by atoms with E-state index < -0.39 is 0 Å². The molecule has 6 heteroatoms. The van der Waals surface area contributed by atoms with Gasteiger partial charge in [0.05, 0.1) is 11.7 Å². The van der Waals surface area contributed by atoms with Crippen LogP contribution in [0.3, 0.4) is 0 Å². The number of ether oxygens (including phenoxy) is 2. The van der Waals surface area contributed by atoms with E-state index in [0.29, 0.717) is 49.5 Å². The van der Waals surface area contributed by atoms with Crippen LogP contribution < -0.4 is 14.8 Å². The zero-order valence-electron chi connectivity index (χ0n) is 14.4. The summed E-state index contributed by atoms with van der Waals surface area (Å²) >= 11 is 0. The first-order chi connectivity index (χ1) is 12.7. The number of amides is 1. The fourth-order valence-electron chi connectivity index (χ4n) is 3.57. The molecule has 2 heterocycles. The minimum atomic E-state index is -0.266. The highest BCUT2D eigenvalue weighted by Gasteiger charge is 2.35. The summed E-state index contributed by atoms with van der Waals surface area (Å²) in [5.74, 6) is 1.20. The van der Waals surface area contributed by atoms with E-state index in [1.54, 1.807) is 24.5 Å². The molecule has 1 atom stereocenters. The van der Waals surface area contributed by atoms with Crippen LogP contribution in [0.2, 0.25) is 0 Å². The number of carbonyl (C=O) groups is 1. The van der Waals surface area contributed by atoms with Gasteiger partial charge in [0, 0.05) is 18.4 Å². The number of aliphatic hydroxyl groups is 1. The molecule has 1 aliphatic heterocycles. The Bertz CT molecular complexity index is 775. The fourth-order valence-corrected chi connectivity index (χ4v) is 3.57. The molecule has 0 saturated heterocycles. The van der Waals surface area contributed by atoms with Crippen LogP contribution >= 0.6 is 0 Å². The smallest absolute Gasteiger partial charge is 0.255 e. The number of hydrogen-bond acceptors (Lipinski definition) is 5. The molecule has 1 saturated carbocycles. The molecule has 1 amide bonds. The maximum atomic E-state index is 12.9. The second-order valence-electron chi connectivity index (χ2n) is 6.85. The summed E-state index contributed by atoms with van der Waals surface area (Å²) in [4.78, 5) is 17.0. The lowest BCUT2D eigenvalue weighted by molar-refractivity contribution is 0.0238. The summed E-state index contributed by atoms with van der Waals surface area (Å²) in [6.07, 6.45) is 5.37. The number of carbonyl (C=O) groups excluding carboxylic acids is 1. The molecule has 0 radical (unpaired) electrons. The van der Waals surface area contributed by atoms with E-state index in [9.17, 15) is 9.90 Å². The number of benzene rings is 1. The molecule has 1 aliphatic carbocycles. The molecule has 4 rings (SSSR count). The van der Waals surface area contributed by atoms with E-state index in [4.69, 9.17) is 9.47 Å². The van der Waals surface area contributed by atoms with E-state index in [1.165, 1.54) is 0 Å². The Morgan fingerprint density at radius 1 is 1.19 bits per heavy atom. The normalized spacial score (nSPS) is 22.2. The van der Waals surface area contributed by atoms with Crippen LogP contribution in [0.5, 0.6) is 11.5 Å². The SMILES string of the molecule is O=C(N[C@H](Cc1ccncc1)C1CC(O)C1)c1cccc2c1OCCO2. The van der Waals surface area contributed by atoms with E-state index in [2.05, 4.69) is 10.3 Å². The van der Waals surface area contributed by atoms with Crippen LogP contribution in [0.4, 0.5) is 0 Å². The van der Waals surface area contributed by atoms with Gasteiger partial charge in [0.1, 0.15) is 13.2 Å². The quantitative estimate of drug-likeness (QED) is 0.858. The van der Waals surface area contributed by atoms with Crippen LogP contribution in [0, 0.1) is 5.92 Å². The van der Waals surface area contributed by atoms with Crippen molar-refractivity contribution in [2.24, 2.45) is 5.92 Å². The van der Waals surface area contributed by atoms with Crippen molar-refractivity contribution >= 4 is 5.91 Å². The molecule has 26 heavy (non-hydrogen) atoms. The van der Waals surface area contributed by atoms with Gasteiger partial charge in [-0.3, -0.25) is 9.78 Å². The van der Waals surface area contributed by atoms with Crippen molar-refractivity contribution in [1.29, 1.82) is 0 Å². The molecule has 0 unspecified atom stereocenters. The van der Waals surface area contributed by atoms with Crippen molar-refractivity contribution in [3.05, 3.63) is 53.9 Å². The van der Waals surface area contributed by atoms with Crippen LogP contribution in [0.25, 0.3) is 0 Å². The van der Waals surface area contributed by atoms with Gasteiger partial charge in [0.2, 0.25) is 0 Å². The van der Waals surface area contributed by atoms with Gasteiger partial charge < -0.3 is 19.9 Å². The minimum Gasteiger partial charge on any atom is -0.486 e. The largest absolute Gasteiger partial charge is 0.486 e. The van der Waals surface area contributed by atoms with Crippen molar-refractivity contribution in [3.8, 4) is 11.5 Å². The van der Waals surface area contributed by atoms with Gasteiger partial charge in [0.25, 0.3) is 5.91 Å². The molecule has 2 aromatic rings. The Kier molecular flexibility index (Phi) is 4.75. The van der Waals surface area contributed by atoms with Gasteiger partial charge in [-0.1, -0.05) is 6.07 Å². The summed E-state index contributed by atoms with van der Waals surface area (Å²) < 4.78 is 11.2. The summed E-state index contributed by atoms with van der Waals surface area (Å²) in [5, 5.41) is 12.8. The minimum absolute atomic E-state index is 0.0475. The number of pyridine rings is 1. The molecule has 0 bridgehead atoms. The van der Waals surface area contributed by atoms with Crippen LogP contribution in [-0.4, -0.2) is 41.4 Å². The second kappa shape index (κ2) is 7.33. The van der Waals surface area contributed by atoms with Gasteiger partial charge >= 0.3 is 0 Å². The molecule has 2 N–H and O–H groups in total. The molecule has 6 nitrogen and oxygen atoms in total. The molecule has 2 aliphatic rings. The Morgan fingerprint density at radius 2 is 1.96 bits per heavy atom. The first kappa shape index (κ1) is 16.8. The summed E-state index contributed by atoms with van der Waals surface area (Å²) in [6, 6.07) is 9.22. The van der Waals surface area contributed by atoms with Gasteiger partial charge in [-0.15, -0.1) is 0 Å². The number of hydrogen-bond donors (Lipinski definition) is 2. The third-order valence-electron chi connectivity index (χ3n) is 5.05. The zero-order chi connectivity index (χ0) is 17.9. The Labute approximate surface area is 152 Å². The van der Waals surface area contributed by atoms with E-state index in [-0.39, 0.29) is 24.0 Å². The fraction of sp³-hybridized carbons (Fsp3) is 0.400. The van der Waals surface area contributed by atoms with Crippen molar-refractivity contribution < 1.29 is 19.4 Å². The van der Waals surface area contributed by atoms with Crippen molar-refractivity contribution in [2.45, 2.75) is 31.4 Å². The lowest BCUT2D eigenvalue weighted by Gasteiger charge is -2.38. The topological polar surface area (TPSA) is 80.7 Å². The number of aliphatic hydroxyl groups excluding tert-OH is 1.